The lowest BCUT2D eigenvalue weighted by molar-refractivity contribution is -0.163. The minimum absolute atomic E-state index is 0.0985. The van der Waals surface area contributed by atoms with E-state index in [1.807, 2.05) is 6.08 Å². The van der Waals surface area contributed by atoms with Gasteiger partial charge in [-0.05, 0) is 57.8 Å². The van der Waals surface area contributed by atoms with Gasteiger partial charge in [-0.3, -0.25) is 15.3 Å². The van der Waals surface area contributed by atoms with Crippen molar-refractivity contribution in [1.29, 1.82) is 0 Å². The third-order valence-corrected chi connectivity index (χ3v) is 8.76. The number of carbonyl (C=O) groups excluding carboxylic acids is 2. The Morgan fingerprint density at radius 3 is 1.64 bits per heavy atom. The second kappa shape index (κ2) is 34.2. The summed E-state index contributed by atoms with van der Waals surface area (Å²) in [7, 11) is 1.56. The highest BCUT2D eigenvalue weighted by Crippen LogP contribution is 2.24. The van der Waals surface area contributed by atoms with Crippen molar-refractivity contribution in [2.24, 2.45) is 11.7 Å². The second-order valence-corrected chi connectivity index (χ2v) is 13.5. The third-order valence-electron chi connectivity index (χ3n) is 8.76. The molecule has 0 heterocycles. The van der Waals surface area contributed by atoms with Gasteiger partial charge in [0.25, 0.3) is 0 Å². The molecule has 0 saturated carbocycles. The quantitative estimate of drug-likeness (QED) is 0.0300. The van der Waals surface area contributed by atoms with Crippen LogP contribution in [-0.4, -0.2) is 49.7 Å². The molecule has 0 amide bonds. The van der Waals surface area contributed by atoms with Gasteiger partial charge in [0.05, 0.1) is 13.0 Å². The summed E-state index contributed by atoms with van der Waals surface area (Å²) in [5, 5.41) is 9.57. The molecule has 0 radical (unpaired) electrons. The molecule has 0 fully saturated rings. The Bertz CT molecular complexity index is 770. The number of rotatable bonds is 35. The Balaban J connectivity index is 4.32. The molecule has 0 aromatic carbocycles. The van der Waals surface area contributed by atoms with Crippen LogP contribution >= 0.6 is 0 Å². The third kappa shape index (κ3) is 31.3. The fourth-order valence-electron chi connectivity index (χ4n) is 5.77. The number of methoxy groups -OCH3 is 1. The fraction of sp³-hybridized carbons (Fsp3) is 0.850. The van der Waals surface area contributed by atoms with Crippen molar-refractivity contribution in [2.45, 2.75) is 187 Å². The Labute approximate surface area is 289 Å². The summed E-state index contributed by atoms with van der Waals surface area (Å²) in [4.78, 5) is 24.7. The summed E-state index contributed by atoms with van der Waals surface area (Å²) in [6, 6.07) is 0. The number of hydrogen-bond acceptors (Lipinski definition) is 7. The first kappa shape index (κ1) is 45.3. The van der Waals surface area contributed by atoms with Crippen LogP contribution in [0.2, 0.25) is 0 Å². The van der Waals surface area contributed by atoms with Gasteiger partial charge in [-0.1, -0.05) is 122 Å². The van der Waals surface area contributed by atoms with Gasteiger partial charge in [-0.15, -0.1) is 0 Å². The maximum absolute atomic E-state index is 12.7. The number of carbonyl (C=O) groups is 2. The van der Waals surface area contributed by atoms with Crippen LogP contribution < -0.4 is 5.73 Å². The van der Waals surface area contributed by atoms with Crippen molar-refractivity contribution in [3.05, 3.63) is 24.3 Å². The number of aliphatic hydroxyl groups is 1. The van der Waals surface area contributed by atoms with Gasteiger partial charge in [0, 0.05) is 38.9 Å². The van der Waals surface area contributed by atoms with Gasteiger partial charge in [0.15, 0.2) is 5.72 Å². The van der Waals surface area contributed by atoms with Gasteiger partial charge in [0.1, 0.15) is 6.61 Å². The first-order valence-electron chi connectivity index (χ1n) is 19.5. The summed E-state index contributed by atoms with van der Waals surface area (Å²) >= 11 is 0. The molecule has 0 bridgehead atoms. The molecule has 7 heteroatoms. The van der Waals surface area contributed by atoms with E-state index in [1.165, 1.54) is 89.9 Å². The van der Waals surface area contributed by atoms with E-state index in [2.05, 4.69) is 32.1 Å². The summed E-state index contributed by atoms with van der Waals surface area (Å²) in [6.07, 6.45) is 35.8. The Hall–Kier alpha value is -1.70. The molecule has 0 aliphatic heterocycles. The van der Waals surface area contributed by atoms with E-state index in [9.17, 15) is 14.7 Å². The Morgan fingerprint density at radius 2 is 1.13 bits per heavy atom. The normalized spacial score (nSPS) is 13.7. The van der Waals surface area contributed by atoms with Gasteiger partial charge in [-0.2, -0.15) is 0 Å². The van der Waals surface area contributed by atoms with Crippen LogP contribution in [0.25, 0.3) is 0 Å². The van der Waals surface area contributed by atoms with E-state index in [1.54, 1.807) is 7.11 Å². The molecular weight excluding hydrogens is 590 g/mol. The van der Waals surface area contributed by atoms with Crippen LogP contribution in [0.1, 0.15) is 181 Å². The first-order chi connectivity index (χ1) is 22.9. The SMILES string of the molecule is CCCCCC/C=C/CCCCCCCCC(N)(CCCCCCCC(=O)OC/C=C/CCCCCC)OC(=O)CC(CO)COC. The molecule has 7 nitrogen and oxygen atoms in total. The largest absolute Gasteiger partial charge is 0.461 e. The molecule has 276 valence electrons. The number of esters is 2. The predicted octanol–water partition coefficient (Wildman–Crippen LogP) is 10.3. The molecule has 2 atom stereocenters. The number of hydrogen-bond donors (Lipinski definition) is 2. The van der Waals surface area contributed by atoms with Gasteiger partial charge < -0.3 is 19.3 Å². The average Bonchev–Trinajstić information content (AvgIpc) is 3.05. The minimum Gasteiger partial charge on any atom is -0.461 e. The Kier molecular flexibility index (Phi) is 32.9. The highest BCUT2D eigenvalue weighted by atomic mass is 16.6. The minimum atomic E-state index is -0.987. The van der Waals surface area contributed by atoms with Crippen LogP contribution in [0.3, 0.4) is 0 Å². The first-order valence-corrected chi connectivity index (χ1v) is 19.5. The maximum atomic E-state index is 12.7. The van der Waals surface area contributed by atoms with Gasteiger partial charge in [0.2, 0.25) is 0 Å². The fourth-order valence-corrected chi connectivity index (χ4v) is 5.77. The van der Waals surface area contributed by atoms with E-state index in [0.717, 1.165) is 51.4 Å². The molecule has 0 rings (SSSR count). The molecule has 0 aliphatic rings. The highest BCUT2D eigenvalue weighted by Gasteiger charge is 2.29. The van der Waals surface area contributed by atoms with Crippen LogP contribution in [-0.2, 0) is 23.8 Å². The smallest absolute Gasteiger partial charge is 0.308 e. The monoisotopic (exact) mass is 666 g/mol. The van der Waals surface area contributed by atoms with E-state index in [4.69, 9.17) is 19.9 Å². The molecule has 0 saturated heterocycles. The van der Waals surface area contributed by atoms with Crippen molar-refractivity contribution in [3.8, 4) is 0 Å². The van der Waals surface area contributed by atoms with Crippen LogP contribution in [0.5, 0.6) is 0 Å². The molecule has 0 aromatic rings. The average molecular weight is 666 g/mol. The van der Waals surface area contributed by atoms with E-state index < -0.39 is 5.72 Å². The standard InChI is InChI=1S/C40H75NO6/c1-4-6-8-10-12-13-14-15-16-17-18-19-23-27-31-40(41,47-39(44)34-37(35-42)36-45-3)32-28-24-21-22-26-30-38(43)46-33-29-25-20-11-9-7-5-2/h13-14,25,29,37,42H,4-12,15-24,26-28,30-36,41H2,1-3H3/b14-13+,29-25+. The van der Waals surface area contributed by atoms with Crippen molar-refractivity contribution < 1.29 is 28.9 Å². The van der Waals surface area contributed by atoms with Crippen LogP contribution in [0.4, 0.5) is 0 Å². The number of nitrogens with two attached hydrogens (primary N) is 1. The van der Waals surface area contributed by atoms with Crippen molar-refractivity contribution in [3.63, 3.8) is 0 Å². The topological polar surface area (TPSA) is 108 Å². The summed E-state index contributed by atoms with van der Waals surface area (Å²) in [5.74, 6) is -0.786. The number of unbranched alkanes of at least 4 members (excludes halogenated alkanes) is 18. The molecule has 0 spiro atoms. The maximum Gasteiger partial charge on any atom is 0.308 e. The molecule has 0 aromatic heterocycles. The van der Waals surface area contributed by atoms with E-state index in [0.29, 0.717) is 32.5 Å². The molecular formula is C40H75NO6. The predicted molar refractivity (Wildman–Crippen MR) is 196 cm³/mol. The summed E-state index contributed by atoms with van der Waals surface area (Å²) in [6.45, 7) is 5.01. The van der Waals surface area contributed by atoms with Gasteiger partial charge >= 0.3 is 11.9 Å². The second-order valence-electron chi connectivity index (χ2n) is 13.5. The highest BCUT2D eigenvalue weighted by molar-refractivity contribution is 5.70. The number of allylic oxidation sites excluding steroid dienone is 3. The van der Waals surface area contributed by atoms with Crippen LogP contribution in [0, 0.1) is 5.92 Å². The van der Waals surface area contributed by atoms with Crippen molar-refractivity contribution in [1.82, 2.24) is 0 Å². The summed E-state index contributed by atoms with van der Waals surface area (Å²) in [5.41, 5.74) is 5.72. The van der Waals surface area contributed by atoms with E-state index in [-0.39, 0.29) is 30.9 Å². The van der Waals surface area contributed by atoms with E-state index >= 15 is 0 Å². The van der Waals surface area contributed by atoms with Crippen LogP contribution in [0.15, 0.2) is 24.3 Å². The lowest BCUT2D eigenvalue weighted by Crippen LogP contribution is -2.45. The lowest BCUT2D eigenvalue weighted by atomic mass is 9.97. The zero-order valence-corrected chi connectivity index (χ0v) is 31.0. The molecule has 47 heavy (non-hydrogen) atoms. The lowest BCUT2D eigenvalue weighted by Gasteiger charge is -2.30. The zero-order chi connectivity index (χ0) is 34.7. The Morgan fingerprint density at radius 1 is 0.660 bits per heavy atom. The molecule has 3 N–H and O–H groups in total. The van der Waals surface area contributed by atoms with Gasteiger partial charge in [-0.25, -0.2) is 0 Å². The van der Waals surface area contributed by atoms with Crippen molar-refractivity contribution >= 4 is 11.9 Å². The summed E-state index contributed by atoms with van der Waals surface area (Å²) < 4.78 is 16.3. The zero-order valence-electron chi connectivity index (χ0n) is 31.0. The number of aliphatic hydroxyl groups excluding tert-OH is 1. The number of ether oxygens (including phenoxy) is 3. The van der Waals surface area contributed by atoms with Crippen molar-refractivity contribution in [2.75, 3.05) is 26.9 Å². The molecule has 0 aliphatic carbocycles. The molecule has 2 unspecified atom stereocenters.